The Morgan fingerprint density at radius 3 is 2.61 bits per heavy atom. The van der Waals surface area contributed by atoms with Gasteiger partial charge in [-0.25, -0.2) is 8.42 Å². The SMILES string of the molecule is CS(=O)(=O)N1CCCc2cc(C(=O)N3CCc4sccc4[C@H]3c3ccccc3)ccc21. The molecule has 0 fully saturated rings. The number of fused-ring (bicyclic) bond motifs is 2. The molecule has 31 heavy (non-hydrogen) atoms. The van der Waals surface area contributed by atoms with Crippen molar-refractivity contribution < 1.29 is 13.2 Å². The second kappa shape index (κ2) is 7.80. The van der Waals surface area contributed by atoms with Crippen LogP contribution in [0.3, 0.4) is 0 Å². The normalized spacial score (nSPS) is 18.4. The van der Waals surface area contributed by atoms with E-state index < -0.39 is 10.0 Å². The first kappa shape index (κ1) is 20.3. The second-order valence-corrected chi connectivity index (χ2v) is 11.1. The molecule has 0 saturated heterocycles. The lowest BCUT2D eigenvalue weighted by Gasteiger charge is -2.37. The van der Waals surface area contributed by atoms with Crippen LogP contribution in [0.5, 0.6) is 0 Å². The maximum atomic E-state index is 13.7. The second-order valence-electron chi connectivity index (χ2n) is 8.14. The summed E-state index contributed by atoms with van der Waals surface area (Å²) in [7, 11) is -3.33. The molecular weight excluding hydrogens is 428 g/mol. The molecule has 2 aromatic carbocycles. The third-order valence-electron chi connectivity index (χ3n) is 6.14. The zero-order chi connectivity index (χ0) is 21.6. The van der Waals surface area contributed by atoms with E-state index in [1.807, 2.05) is 29.2 Å². The molecule has 1 atom stereocenters. The summed E-state index contributed by atoms with van der Waals surface area (Å²) < 4.78 is 25.8. The number of aryl methyl sites for hydroxylation is 1. The Labute approximate surface area is 187 Å². The van der Waals surface area contributed by atoms with Crippen LogP contribution < -0.4 is 4.31 Å². The van der Waals surface area contributed by atoms with Crippen molar-refractivity contribution in [3.63, 3.8) is 0 Å². The van der Waals surface area contributed by atoms with E-state index in [1.54, 1.807) is 23.5 Å². The highest BCUT2D eigenvalue weighted by atomic mass is 32.2. The van der Waals surface area contributed by atoms with Crippen LogP contribution in [0.25, 0.3) is 0 Å². The topological polar surface area (TPSA) is 57.7 Å². The van der Waals surface area contributed by atoms with Crippen molar-refractivity contribution >= 4 is 33.0 Å². The Bertz CT molecular complexity index is 1230. The van der Waals surface area contributed by atoms with Gasteiger partial charge in [0, 0.05) is 23.5 Å². The fourth-order valence-electron chi connectivity index (χ4n) is 4.74. The number of anilines is 1. The zero-order valence-corrected chi connectivity index (χ0v) is 19.0. The smallest absolute Gasteiger partial charge is 0.254 e. The molecule has 3 heterocycles. The predicted octanol–water partition coefficient (Wildman–Crippen LogP) is 4.25. The predicted molar refractivity (Wildman–Crippen MR) is 124 cm³/mol. The Morgan fingerprint density at radius 1 is 1.03 bits per heavy atom. The molecular formula is C24H24N2O3S2. The van der Waals surface area contributed by atoms with E-state index in [0.717, 1.165) is 30.4 Å². The van der Waals surface area contributed by atoms with E-state index in [1.165, 1.54) is 21.0 Å². The minimum atomic E-state index is -3.33. The number of hydrogen-bond acceptors (Lipinski definition) is 4. The summed E-state index contributed by atoms with van der Waals surface area (Å²) in [5, 5.41) is 2.10. The lowest BCUT2D eigenvalue weighted by Crippen LogP contribution is -2.40. The molecule has 1 amide bonds. The number of amides is 1. The third kappa shape index (κ3) is 3.66. The van der Waals surface area contributed by atoms with Gasteiger partial charge in [-0.3, -0.25) is 9.10 Å². The first-order valence-corrected chi connectivity index (χ1v) is 13.2. The van der Waals surface area contributed by atoms with Crippen molar-refractivity contribution in [2.24, 2.45) is 0 Å². The fourth-order valence-corrected chi connectivity index (χ4v) is 6.64. The van der Waals surface area contributed by atoms with E-state index >= 15 is 0 Å². The number of hydrogen-bond donors (Lipinski definition) is 0. The van der Waals surface area contributed by atoms with Gasteiger partial charge in [0.25, 0.3) is 5.91 Å². The summed E-state index contributed by atoms with van der Waals surface area (Å²) >= 11 is 1.75. The summed E-state index contributed by atoms with van der Waals surface area (Å²) in [6.45, 7) is 1.15. The van der Waals surface area contributed by atoms with Crippen LogP contribution in [0.4, 0.5) is 5.69 Å². The number of nitrogens with zero attached hydrogens (tertiary/aromatic N) is 2. The number of thiophene rings is 1. The summed E-state index contributed by atoms with van der Waals surface area (Å²) in [5.74, 6) is -0.00928. The van der Waals surface area contributed by atoms with Gasteiger partial charge in [-0.15, -0.1) is 11.3 Å². The van der Waals surface area contributed by atoms with Gasteiger partial charge in [0.05, 0.1) is 18.0 Å². The molecule has 0 bridgehead atoms. The molecule has 0 unspecified atom stereocenters. The Hall–Kier alpha value is -2.64. The number of benzene rings is 2. The Kier molecular flexibility index (Phi) is 5.10. The van der Waals surface area contributed by atoms with E-state index in [-0.39, 0.29) is 11.9 Å². The van der Waals surface area contributed by atoms with Gasteiger partial charge in [-0.2, -0.15) is 0 Å². The molecule has 3 aromatic rings. The Morgan fingerprint density at radius 2 is 1.84 bits per heavy atom. The van der Waals surface area contributed by atoms with E-state index in [0.29, 0.717) is 24.3 Å². The first-order valence-electron chi connectivity index (χ1n) is 10.5. The van der Waals surface area contributed by atoms with E-state index in [9.17, 15) is 13.2 Å². The molecule has 2 aliphatic heterocycles. The third-order valence-corrected chi connectivity index (χ3v) is 8.32. The molecule has 1 aromatic heterocycles. The maximum absolute atomic E-state index is 13.7. The van der Waals surface area contributed by atoms with Gasteiger partial charge < -0.3 is 4.90 Å². The maximum Gasteiger partial charge on any atom is 0.254 e. The first-order chi connectivity index (χ1) is 14.9. The number of sulfonamides is 1. The molecule has 5 rings (SSSR count). The Balaban J connectivity index is 1.52. The number of carbonyl (C=O) groups is 1. The van der Waals surface area contributed by atoms with Crippen molar-refractivity contribution in [1.29, 1.82) is 0 Å². The highest BCUT2D eigenvalue weighted by Crippen LogP contribution is 2.39. The van der Waals surface area contributed by atoms with E-state index in [4.69, 9.17) is 0 Å². The van der Waals surface area contributed by atoms with Gasteiger partial charge >= 0.3 is 0 Å². The molecule has 0 aliphatic carbocycles. The van der Waals surface area contributed by atoms with Gasteiger partial charge in [-0.05, 0) is 65.6 Å². The molecule has 2 aliphatic rings. The van der Waals surface area contributed by atoms with Gasteiger partial charge in [0.2, 0.25) is 10.0 Å². The molecule has 7 heteroatoms. The van der Waals surface area contributed by atoms with Crippen LogP contribution in [0.2, 0.25) is 0 Å². The van der Waals surface area contributed by atoms with Crippen molar-refractivity contribution in [2.75, 3.05) is 23.7 Å². The van der Waals surface area contributed by atoms with Crippen LogP contribution >= 0.6 is 11.3 Å². The van der Waals surface area contributed by atoms with Crippen molar-refractivity contribution in [2.45, 2.75) is 25.3 Å². The highest BCUT2D eigenvalue weighted by Gasteiger charge is 2.34. The summed E-state index contributed by atoms with van der Waals surface area (Å²) in [6.07, 6.45) is 3.62. The van der Waals surface area contributed by atoms with Crippen LogP contribution in [0.15, 0.2) is 60.0 Å². The minimum absolute atomic E-state index is 0.00928. The van der Waals surface area contributed by atoms with Crippen LogP contribution in [-0.4, -0.2) is 38.6 Å². The van der Waals surface area contributed by atoms with E-state index in [2.05, 4.69) is 23.6 Å². The average molecular weight is 453 g/mol. The molecule has 0 spiro atoms. The molecule has 5 nitrogen and oxygen atoms in total. The standard InChI is InChI=1S/C24H24N2O3S2/c1-31(28,29)26-13-5-8-18-16-19(9-10-21(18)26)24(27)25-14-11-22-20(12-15-30-22)23(25)17-6-3-2-4-7-17/h2-4,6-7,9-10,12,15-16,23H,5,8,11,13-14H2,1H3/t23-/m1/s1. The summed E-state index contributed by atoms with van der Waals surface area (Å²) in [5.41, 5.74) is 4.55. The quantitative estimate of drug-likeness (QED) is 0.597. The lowest BCUT2D eigenvalue weighted by atomic mass is 9.92. The fraction of sp³-hybridized carbons (Fsp3) is 0.292. The highest BCUT2D eigenvalue weighted by molar-refractivity contribution is 7.92. The van der Waals surface area contributed by atoms with Crippen LogP contribution in [-0.2, 0) is 22.9 Å². The van der Waals surface area contributed by atoms with Crippen molar-refractivity contribution in [1.82, 2.24) is 4.90 Å². The van der Waals surface area contributed by atoms with Crippen LogP contribution in [0, 0.1) is 0 Å². The van der Waals surface area contributed by atoms with Gasteiger partial charge in [0.15, 0.2) is 0 Å². The van der Waals surface area contributed by atoms with Crippen molar-refractivity contribution in [3.8, 4) is 0 Å². The zero-order valence-electron chi connectivity index (χ0n) is 17.3. The van der Waals surface area contributed by atoms with Gasteiger partial charge in [-0.1, -0.05) is 30.3 Å². The molecule has 0 saturated carbocycles. The molecule has 160 valence electrons. The monoisotopic (exact) mass is 452 g/mol. The lowest BCUT2D eigenvalue weighted by molar-refractivity contribution is 0.0696. The minimum Gasteiger partial charge on any atom is -0.327 e. The number of rotatable bonds is 3. The largest absolute Gasteiger partial charge is 0.327 e. The van der Waals surface area contributed by atoms with Crippen LogP contribution in [0.1, 0.15) is 44.4 Å². The molecule has 0 radical (unpaired) electrons. The summed E-state index contributed by atoms with van der Waals surface area (Å²) in [6, 6.07) is 17.7. The van der Waals surface area contributed by atoms with Crippen molar-refractivity contribution in [3.05, 3.63) is 87.1 Å². The molecule has 0 N–H and O–H groups in total. The van der Waals surface area contributed by atoms with Gasteiger partial charge in [0.1, 0.15) is 0 Å². The number of carbonyl (C=O) groups excluding carboxylic acids is 1. The average Bonchev–Trinajstić information content (AvgIpc) is 3.26. The summed E-state index contributed by atoms with van der Waals surface area (Å²) in [4.78, 5) is 17.0.